The van der Waals surface area contributed by atoms with Crippen LogP contribution in [0.2, 0.25) is 0 Å². The molecule has 1 aromatic heterocycles. The molecule has 0 fully saturated rings. The maximum absolute atomic E-state index is 5.29. The van der Waals surface area contributed by atoms with Gasteiger partial charge in [-0.05, 0) is 66.0 Å². The minimum absolute atomic E-state index is 0.429. The third kappa shape index (κ3) is 4.06. The molecule has 4 heteroatoms. The molecule has 1 heterocycles. The van der Waals surface area contributed by atoms with Crippen LogP contribution < -0.4 is 10.1 Å². The number of nitrogens with one attached hydrogen (secondary N) is 1. The summed E-state index contributed by atoms with van der Waals surface area (Å²) in [5.74, 6) is 0.906. The summed E-state index contributed by atoms with van der Waals surface area (Å²) < 4.78 is 6.43. The van der Waals surface area contributed by atoms with E-state index in [2.05, 4.69) is 44.1 Å². The van der Waals surface area contributed by atoms with E-state index >= 15 is 0 Å². The van der Waals surface area contributed by atoms with Gasteiger partial charge in [0.15, 0.2) is 0 Å². The van der Waals surface area contributed by atoms with E-state index in [1.165, 1.54) is 11.1 Å². The molecule has 2 nitrogen and oxygen atoms in total. The number of halogens is 1. The zero-order chi connectivity index (χ0) is 13.7. The summed E-state index contributed by atoms with van der Waals surface area (Å²) in [6, 6.07) is 8.74. The first kappa shape index (κ1) is 14.6. The van der Waals surface area contributed by atoms with E-state index in [1.807, 2.05) is 19.2 Å². The average Bonchev–Trinajstić information content (AvgIpc) is 2.93. The first-order valence-corrected chi connectivity index (χ1v) is 7.97. The Morgan fingerprint density at radius 3 is 2.79 bits per heavy atom. The van der Waals surface area contributed by atoms with Gasteiger partial charge >= 0.3 is 0 Å². The van der Waals surface area contributed by atoms with Crippen molar-refractivity contribution in [2.24, 2.45) is 0 Å². The molecular formula is C15H18BrNOS. The number of rotatable bonds is 6. The monoisotopic (exact) mass is 339 g/mol. The molecule has 2 rings (SSSR count). The molecule has 0 saturated carbocycles. The molecule has 1 aromatic carbocycles. The largest absolute Gasteiger partial charge is 0.497 e. The highest BCUT2D eigenvalue weighted by atomic mass is 79.9. The van der Waals surface area contributed by atoms with Crippen LogP contribution in [-0.2, 0) is 12.8 Å². The van der Waals surface area contributed by atoms with E-state index in [4.69, 9.17) is 4.74 Å². The molecule has 1 unspecified atom stereocenters. The molecule has 0 amide bonds. The van der Waals surface area contributed by atoms with Crippen LogP contribution in [-0.4, -0.2) is 20.2 Å². The van der Waals surface area contributed by atoms with Gasteiger partial charge in [0.05, 0.1) is 7.11 Å². The van der Waals surface area contributed by atoms with Crippen LogP contribution in [0.5, 0.6) is 5.75 Å². The second-order valence-electron chi connectivity index (χ2n) is 4.48. The fraction of sp³-hybridized carbons (Fsp3) is 0.333. The van der Waals surface area contributed by atoms with Gasteiger partial charge in [-0.15, -0.1) is 0 Å². The molecule has 0 aliphatic heterocycles. The Kier molecular flexibility index (Phi) is 5.43. The molecule has 0 bridgehead atoms. The number of methoxy groups -OCH3 is 1. The van der Waals surface area contributed by atoms with Crippen molar-refractivity contribution in [2.75, 3.05) is 14.2 Å². The van der Waals surface area contributed by atoms with Gasteiger partial charge in [-0.1, -0.05) is 15.9 Å². The normalized spacial score (nSPS) is 12.4. The van der Waals surface area contributed by atoms with Crippen LogP contribution in [0.3, 0.4) is 0 Å². The highest BCUT2D eigenvalue weighted by molar-refractivity contribution is 9.10. The average molecular weight is 340 g/mol. The molecule has 0 radical (unpaired) electrons. The second kappa shape index (κ2) is 7.08. The third-order valence-electron chi connectivity index (χ3n) is 3.19. The van der Waals surface area contributed by atoms with Crippen molar-refractivity contribution in [2.45, 2.75) is 18.9 Å². The molecule has 0 aliphatic rings. The smallest absolute Gasteiger partial charge is 0.119 e. The van der Waals surface area contributed by atoms with Gasteiger partial charge in [0, 0.05) is 10.5 Å². The Hall–Kier alpha value is -0.840. The van der Waals surface area contributed by atoms with Gasteiger partial charge in [-0.3, -0.25) is 0 Å². The fourth-order valence-corrected chi connectivity index (χ4v) is 3.16. The molecule has 19 heavy (non-hydrogen) atoms. The molecule has 1 atom stereocenters. The Morgan fingerprint density at radius 2 is 2.16 bits per heavy atom. The Balaban J connectivity index is 2.09. The van der Waals surface area contributed by atoms with Gasteiger partial charge in [-0.25, -0.2) is 0 Å². The van der Waals surface area contributed by atoms with Crippen LogP contribution in [0, 0.1) is 0 Å². The standard InChI is InChI=1S/C15H18BrNOS/c1-17-13(7-11-5-6-19-10-11)8-12-9-14(18-2)3-4-15(12)16/h3-6,9-10,13,17H,7-8H2,1-2H3. The van der Waals surface area contributed by atoms with Crippen molar-refractivity contribution in [1.82, 2.24) is 5.32 Å². The first-order valence-electron chi connectivity index (χ1n) is 6.23. The van der Waals surface area contributed by atoms with E-state index < -0.39 is 0 Å². The molecule has 0 saturated heterocycles. The van der Waals surface area contributed by atoms with Gasteiger partial charge < -0.3 is 10.1 Å². The van der Waals surface area contributed by atoms with Crippen molar-refractivity contribution < 1.29 is 4.74 Å². The van der Waals surface area contributed by atoms with Crippen LogP contribution in [0.25, 0.3) is 0 Å². The van der Waals surface area contributed by atoms with Gasteiger partial charge in [0.1, 0.15) is 5.75 Å². The lowest BCUT2D eigenvalue weighted by Crippen LogP contribution is -2.29. The minimum Gasteiger partial charge on any atom is -0.497 e. The maximum Gasteiger partial charge on any atom is 0.119 e. The maximum atomic E-state index is 5.29. The van der Waals surface area contributed by atoms with E-state index in [9.17, 15) is 0 Å². The quantitative estimate of drug-likeness (QED) is 0.861. The summed E-state index contributed by atoms with van der Waals surface area (Å²) in [4.78, 5) is 0. The van der Waals surface area contributed by atoms with E-state index in [0.717, 1.165) is 23.1 Å². The highest BCUT2D eigenvalue weighted by Crippen LogP contribution is 2.24. The number of hydrogen-bond donors (Lipinski definition) is 1. The number of thiophene rings is 1. The van der Waals surface area contributed by atoms with Crippen LogP contribution in [0.15, 0.2) is 39.5 Å². The molecule has 2 aromatic rings. The third-order valence-corrected chi connectivity index (χ3v) is 4.70. The molecule has 1 N–H and O–H groups in total. The summed E-state index contributed by atoms with van der Waals surface area (Å²) >= 11 is 5.36. The van der Waals surface area contributed by atoms with Gasteiger partial charge in [0.25, 0.3) is 0 Å². The SMILES string of the molecule is CNC(Cc1ccsc1)Cc1cc(OC)ccc1Br. The predicted octanol–water partition coefficient (Wildman–Crippen LogP) is 3.89. The number of benzene rings is 1. The first-order chi connectivity index (χ1) is 9.22. The second-order valence-corrected chi connectivity index (χ2v) is 6.12. The van der Waals surface area contributed by atoms with Crippen LogP contribution >= 0.6 is 27.3 Å². The summed E-state index contributed by atoms with van der Waals surface area (Å²) in [7, 11) is 3.72. The highest BCUT2D eigenvalue weighted by Gasteiger charge is 2.11. The van der Waals surface area contributed by atoms with Crippen molar-refractivity contribution in [1.29, 1.82) is 0 Å². The minimum atomic E-state index is 0.429. The van der Waals surface area contributed by atoms with Gasteiger partial charge in [-0.2, -0.15) is 11.3 Å². The summed E-state index contributed by atoms with van der Waals surface area (Å²) in [6.45, 7) is 0. The molecular weight excluding hydrogens is 322 g/mol. The van der Waals surface area contributed by atoms with Crippen molar-refractivity contribution in [3.8, 4) is 5.75 Å². The lowest BCUT2D eigenvalue weighted by atomic mass is 10.0. The topological polar surface area (TPSA) is 21.3 Å². The summed E-state index contributed by atoms with van der Waals surface area (Å²) in [6.07, 6.45) is 2.02. The summed E-state index contributed by atoms with van der Waals surface area (Å²) in [5.41, 5.74) is 2.66. The fourth-order valence-electron chi connectivity index (χ4n) is 2.07. The van der Waals surface area contributed by atoms with Gasteiger partial charge in [0.2, 0.25) is 0 Å². The van der Waals surface area contributed by atoms with Crippen molar-refractivity contribution in [3.05, 3.63) is 50.6 Å². The molecule has 0 spiro atoms. The van der Waals surface area contributed by atoms with E-state index in [-0.39, 0.29) is 0 Å². The Morgan fingerprint density at radius 1 is 1.32 bits per heavy atom. The number of ether oxygens (including phenoxy) is 1. The predicted molar refractivity (Wildman–Crippen MR) is 85.3 cm³/mol. The number of hydrogen-bond acceptors (Lipinski definition) is 3. The molecule has 102 valence electrons. The Bertz CT molecular complexity index is 513. The Labute approximate surface area is 126 Å². The van der Waals surface area contributed by atoms with Crippen LogP contribution in [0.4, 0.5) is 0 Å². The van der Waals surface area contributed by atoms with E-state index in [0.29, 0.717) is 6.04 Å². The lowest BCUT2D eigenvalue weighted by Gasteiger charge is -2.17. The van der Waals surface area contributed by atoms with Crippen molar-refractivity contribution in [3.63, 3.8) is 0 Å². The zero-order valence-corrected chi connectivity index (χ0v) is 13.6. The van der Waals surface area contributed by atoms with Crippen molar-refractivity contribution >= 4 is 27.3 Å². The lowest BCUT2D eigenvalue weighted by molar-refractivity contribution is 0.413. The summed E-state index contributed by atoms with van der Waals surface area (Å²) in [5, 5.41) is 7.74. The number of likely N-dealkylation sites (N-methyl/N-ethyl adjacent to an activating group) is 1. The van der Waals surface area contributed by atoms with Crippen LogP contribution in [0.1, 0.15) is 11.1 Å². The molecule has 0 aliphatic carbocycles. The van der Waals surface area contributed by atoms with E-state index in [1.54, 1.807) is 18.4 Å². The zero-order valence-electron chi connectivity index (χ0n) is 11.2.